The molecule has 2 heterocycles. The molecule has 160 valence electrons. The minimum atomic E-state index is -0.368. The average Bonchev–Trinajstić information content (AvgIpc) is 3.11. The van der Waals surface area contributed by atoms with E-state index in [4.69, 9.17) is 4.74 Å². The zero-order chi connectivity index (χ0) is 22.0. The molecule has 2 aromatic heterocycles. The number of ether oxygens (including phenoxy) is 1. The Morgan fingerprint density at radius 1 is 1.10 bits per heavy atom. The van der Waals surface area contributed by atoms with E-state index in [1.807, 2.05) is 12.1 Å². The van der Waals surface area contributed by atoms with Crippen LogP contribution in [0, 0.1) is 5.82 Å². The van der Waals surface area contributed by atoms with Gasteiger partial charge in [0, 0.05) is 17.4 Å². The number of nitrogens with zero attached hydrogens (tertiary/aromatic N) is 3. The Kier molecular flexibility index (Phi) is 5.82. The van der Waals surface area contributed by atoms with Crippen LogP contribution in [0.1, 0.15) is 26.3 Å². The van der Waals surface area contributed by atoms with E-state index >= 15 is 0 Å². The summed E-state index contributed by atoms with van der Waals surface area (Å²) < 4.78 is 21.0. The highest BCUT2D eigenvalue weighted by molar-refractivity contribution is 7.99. The Bertz CT molecular complexity index is 1260. The molecule has 0 aliphatic rings. The molecule has 4 rings (SSSR count). The summed E-state index contributed by atoms with van der Waals surface area (Å²) in [5.41, 5.74) is 2.05. The van der Waals surface area contributed by atoms with Crippen LogP contribution in [0.2, 0.25) is 0 Å². The van der Waals surface area contributed by atoms with Crippen molar-refractivity contribution in [2.24, 2.45) is 0 Å². The summed E-state index contributed by atoms with van der Waals surface area (Å²) in [5, 5.41) is 3.25. The van der Waals surface area contributed by atoms with Gasteiger partial charge in [-0.2, -0.15) is 0 Å². The topological polar surface area (TPSA) is 72.3 Å². The summed E-state index contributed by atoms with van der Waals surface area (Å²) in [6.07, 6.45) is 0. The average molecular weight is 439 g/mol. The molecule has 2 aromatic carbocycles. The predicted molar refractivity (Wildman–Crippen MR) is 120 cm³/mol. The minimum absolute atomic E-state index is 0.0970. The van der Waals surface area contributed by atoms with Gasteiger partial charge in [-0.15, -0.1) is 0 Å². The zero-order valence-corrected chi connectivity index (χ0v) is 18.4. The molecule has 4 aromatic rings. The lowest BCUT2D eigenvalue weighted by Gasteiger charge is -2.19. The number of aromatic nitrogens is 4. The summed E-state index contributed by atoms with van der Waals surface area (Å²) in [6, 6.07) is 15.6. The highest BCUT2D eigenvalue weighted by Gasteiger charge is 2.14. The van der Waals surface area contributed by atoms with E-state index in [0.717, 1.165) is 5.75 Å². The lowest BCUT2D eigenvalue weighted by Crippen LogP contribution is -2.10. The Labute approximate surface area is 183 Å². The number of halogens is 1. The van der Waals surface area contributed by atoms with Crippen molar-refractivity contribution in [3.8, 4) is 17.1 Å². The molecule has 0 spiro atoms. The summed E-state index contributed by atoms with van der Waals surface area (Å²) in [4.78, 5) is 20.7. The van der Waals surface area contributed by atoms with E-state index in [1.54, 1.807) is 12.1 Å². The number of nitrogens with one attached hydrogen (secondary N) is 1. The minimum Gasteiger partial charge on any atom is -0.493 e. The quantitative estimate of drug-likeness (QED) is 0.349. The maximum atomic E-state index is 13.6. The highest BCUT2D eigenvalue weighted by Crippen LogP contribution is 2.25. The Morgan fingerprint density at radius 3 is 2.58 bits per heavy atom. The molecular weight excluding hydrogens is 415 g/mol. The second-order valence-corrected chi connectivity index (χ2v) is 9.19. The summed E-state index contributed by atoms with van der Waals surface area (Å²) in [5.74, 6) is 1.40. The monoisotopic (exact) mass is 438 g/mol. The van der Waals surface area contributed by atoms with Crippen molar-refractivity contribution < 1.29 is 9.13 Å². The lowest BCUT2D eigenvalue weighted by molar-refractivity contribution is 0.343. The van der Waals surface area contributed by atoms with Crippen LogP contribution >= 0.6 is 11.8 Å². The Morgan fingerprint density at radius 2 is 1.87 bits per heavy atom. The largest absolute Gasteiger partial charge is 0.493 e. The van der Waals surface area contributed by atoms with Crippen molar-refractivity contribution in [2.75, 3.05) is 12.4 Å². The summed E-state index contributed by atoms with van der Waals surface area (Å²) in [7, 11) is 0. The summed E-state index contributed by atoms with van der Waals surface area (Å²) in [6.45, 7) is 6.98. The first-order chi connectivity index (χ1) is 14.8. The molecule has 0 atom stereocenters. The predicted octanol–water partition coefficient (Wildman–Crippen LogP) is 4.69. The number of fused-ring (bicyclic) bond motifs is 1. The van der Waals surface area contributed by atoms with Crippen LogP contribution in [-0.2, 0) is 5.41 Å². The van der Waals surface area contributed by atoms with Crippen molar-refractivity contribution in [1.29, 1.82) is 0 Å². The van der Waals surface area contributed by atoms with Crippen molar-refractivity contribution in [3.63, 3.8) is 0 Å². The normalized spacial score (nSPS) is 11.7. The molecule has 0 fully saturated rings. The standard InChI is InChI=1S/C23H23FN4O2S/c1-23(2,3)16-7-9-18(10-8-16)30-11-12-31-22-26-21(15-5-4-6-17(24)13-15)25-19-14-20(29)27-28(19)22/h4-10,13-14H,11-12H2,1-3H3,(H,27,29). The maximum absolute atomic E-state index is 13.6. The van der Waals surface area contributed by atoms with Crippen LogP contribution in [0.15, 0.2) is 64.5 Å². The molecule has 6 nitrogen and oxygen atoms in total. The molecule has 0 saturated heterocycles. The van der Waals surface area contributed by atoms with E-state index < -0.39 is 0 Å². The number of benzene rings is 2. The van der Waals surface area contributed by atoms with Crippen LogP contribution in [0.5, 0.6) is 5.75 Å². The number of aromatic amines is 1. The van der Waals surface area contributed by atoms with Crippen molar-refractivity contribution in [1.82, 2.24) is 19.6 Å². The van der Waals surface area contributed by atoms with Gasteiger partial charge in [-0.1, -0.05) is 56.8 Å². The van der Waals surface area contributed by atoms with Crippen LogP contribution in [0.4, 0.5) is 4.39 Å². The van der Waals surface area contributed by atoms with Crippen molar-refractivity contribution in [3.05, 3.63) is 76.3 Å². The molecule has 0 aliphatic heterocycles. The van der Waals surface area contributed by atoms with E-state index in [0.29, 0.717) is 34.6 Å². The van der Waals surface area contributed by atoms with Crippen LogP contribution in [0.3, 0.4) is 0 Å². The molecular formula is C23H23FN4O2S. The molecule has 0 bridgehead atoms. The van der Waals surface area contributed by atoms with Gasteiger partial charge in [0.1, 0.15) is 11.6 Å². The Balaban J connectivity index is 1.48. The number of thioether (sulfide) groups is 1. The van der Waals surface area contributed by atoms with Crippen LogP contribution in [0.25, 0.3) is 17.0 Å². The van der Waals surface area contributed by atoms with Gasteiger partial charge in [0.15, 0.2) is 16.6 Å². The third kappa shape index (κ3) is 4.96. The fourth-order valence-corrected chi connectivity index (χ4v) is 3.85. The number of rotatable bonds is 6. The number of hydrogen-bond donors (Lipinski definition) is 1. The molecule has 0 amide bonds. The smallest absolute Gasteiger partial charge is 0.266 e. The van der Waals surface area contributed by atoms with Gasteiger partial charge in [0.2, 0.25) is 0 Å². The van der Waals surface area contributed by atoms with Gasteiger partial charge in [0.25, 0.3) is 5.56 Å². The number of H-pyrrole nitrogens is 1. The van der Waals surface area contributed by atoms with Crippen molar-refractivity contribution in [2.45, 2.75) is 31.3 Å². The molecule has 0 radical (unpaired) electrons. The van der Waals surface area contributed by atoms with Gasteiger partial charge in [-0.25, -0.2) is 18.9 Å². The van der Waals surface area contributed by atoms with Gasteiger partial charge in [-0.05, 0) is 35.2 Å². The van der Waals surface area contributed by atoms with Crippen LogP contribution < -0.4 is 10.3 Å². The first-order valence-electron chi connectivity index (χ1n) is 9.91. The second-order valence-electron chi connectivity index (χ2n) is 8.13. The summed E-state index contributed by atoms with van der Waals surface area (Å²) >= 11 is 1.43. The van der Waals surface area contributed by atoms with E-state index in [2.05, 4.69) is 48.0 Å². The van der Waals surface area contributed by atoms with E-state index in [9.17, 15) is 9.18 Å². The third-order valence-electron chi connectivity index (χ3n) is 4.71. The molecule has 0 aliphatic carbocycles. The lowest BCUT2D eigenvalue weighted by atomic mass is 9.87. The first kappa shape index (κ1) is 21.1. The first-order valence-corrected chi connectivity index (χ1v) is 10.9. The number of hydrogen-bond acceptors (Lipinski definition) is 5. The highest BCUT2D eigenvalue weighted by atomic mass is 32.2. The van der Waals surface area contributed by atoms with Gasteiger partial charge >= 0.3 is 0 Å². The second kappa shape index (κ2) is 8.55. The van der Waals surface area contributed by atoms with Gasteiger partial charge < -0.3 is 4.74 Å². The van der Waals surface area contributed by atoms with E-state index in [-0.39, 0.29) is 16.8 Å². The molecule has 8 heteroatoms. The molecule has 1 N–H and O–H groups in total. The molecule has 0 unspecified atom stereocenters. The molecule has 0 saturated carbocycles. The zero-order valence-electron chi connectivity index (χ0n) is 17.6. The fourth-order valence-electron chi connectivity index (χ4n) is 3.08. The third-order valence-corrected chi connectivity index (χ3v) is 5.61. The fraction of sp³-hybridized carbons (Fsp3) is 0.261. The van der Waals surface area contributed by atoms with E-state index in [1.165, 1.54) is 40.0 Å². The maximum Gasteiger partial charge on any atom is 0.266 e. The Hall–Kier alpha value is -3.13. The SMILES string of the molecule is CC(C)(C)c1ccc(OCCSc2nc(-c3cccc(F)c3)nc3cc(=O)[nH]n23)cc1. The van der Waals surface area contributed by atoms with Gasteiger partial charge in [0.05, 0.1) is 6.61 Å². The van der Waals surface area contributed by atoms with Crippen LogP contribution in [-0.4, -0.2) is 31.9 Å². The van der Waals surface area contributed by atoms with Crippen molar-refractivity contribution >= 4 is 17.4 Å². The van der Waals surface area contributed by atoms with Gasteiger partial charge in [-0.3, -0.25) is 9.89 Å². The molecule has 31 heavy (non-hydrogen) atoms.